The van der Waals surface area contributed by atoms with Gasteiger partial charge in [0.1, 0.15) is 10.6 Å². The van der Waals surface area contributed by atoms with Gasteiger partial charge in [-0.3, -0.25) is 14.2 Å². The molecule has 0 aliphatic rings. The standard InChI is InChI=1S/C17H15Cl4N5O/c1-17(2,26-8-12(19)6-22-26)16(27)23-15-14(21)9-25(24-15)7-10-3-4-11(18)5-13(10)20/h3-6,8-9H,7H2,1-2H3,(H,23,24,27). The fourth-order valence-electron chi connectivity index (χ4n) is 2.36. The van der Waals surface area contributed by atoms with E-state index in [-0.39, 0.29) is 11.7 Å². The molecule has 0 saturated heterocycles. The van der Waals surface area contributed by atoms with Gasteiger partial charge in [0.15, 0.2) is 5.82 Å². The molecule has 2 heterocycles. The number of hydrogen-bond acceptors (Lipinski definition) is 3. The maximum atomic E-state index is 12.7. The van der Waals surface area contributed by atoms with Crippen LogP contribution in [0.15, 0.2) is 36.8 Å². The Morgan fingerprint density at radius 2 is 1.85 bits per heavy atom. The number of amides is 1. The van der Waals surface area contributed by atoms with Crippen LogP contribution < -0.4 is 5.32 Å². The van der Waals surface area contributed by atoms with Crippen LogP contribution in [0.5, 0.6) is 0 Å². The highest BCUT2D eigenvalue weighted by atomic mass is 35.5. The second-order valence-electron chi connectivity index (χ2n) is 6.38. The minimum atomic E-state index is -0.986. The monoisotopic (exact) mass is 445 g/mol. The maximum Gasteiger partial charge on any atom is 0.253 e. The molecule has 1 amide bonds. The number of halogens is 4. The first-order valence-corrected chi connectivity index (χ1v) is 9.37. The fraction of sp³-hybridized carbons (Fsp3) is 0.235. The third-order valence-corrected chi connectivity index (χ3v) is 5.03. The zero-order valence-corrected chi connectivity index (χ0v) is 17.4. The van der Waals surface area contributed by atoms with Crippen molar-refractivity contribution < 1.29 is 4.79 Å². The number of nitrogens with zero attached hydrogens (tertiary/aromatic N) is 4. The molecule has 0 fully saturated rings. The first kappa shape index (κ1) is 20.0. The molecule has 27 heavy (non-hydrogen) atoms. The van der Waals surface area contributed by atoms with Crippen molar-refractivity contribution in [2.45, 2.75) is 25.9 Å². The minimum absolute atomic E-state index is 0.248. The second kappa shape index (κ2) is 7.72. The summed E-state index contributed by atoms with van der Waals surface area (Å²) < 4.78 is 3.06. The normalized spacial score (nSPS) is 11.6. The van der Waals surface area contributed by atoms with Crippen LogP contribution in [0.2, 0.25) is 20.1 Å². The molecule has 0 bridgehead atoms. The smallest absolute Gasteiger partial charge is 0.253 e. The molecule has 2 aromatic heterocycles. The summed E-state index contributed by atoms with van der Waals surface area (Å²) in [6.07, 6.45) is 4.65. The molecular weight excluding hydrogens is 432 g/mol. The van der Waals surface area contributed by atoms with Crippen LogP contribution in [0, 0.1) is 0 Å². The molecule has 0 atom stereocenters. The van der Waals surface area contributed by atoms with Crippen molar-refractivity contribution >= 4 is 58.1 Å². The Morgan fingerprint density at radius 3 is 2.48 bits per heavy atom. The highest BCUT2D eigenvalue weighted by Gasteiger charge is 2.31. The molecule has 0 unspecified atom stereocenters. The van der Waals surface area contributed by atoms with Crippen molar-refractivity contribution in [2.75, 3.05) is 5.32 Å². The summed E-state index contributed by atoms with van der Waals surface area (Å²) in [6.45, 7) is 3.80. The van der Waals surface area contributed by atoms with E-state index in [1.165, 1.54) is 10.9 Å². The predicted molar refractivity (Wildman–Crippen MR) is 108 cm³/mol. The molecule has 0 aliphatic heterocycles. The average molecular weight is 447 g/mol. The molecule has 10 heteroatoms. The lowest BCUT2D eigenvalue weighted by molar-refractivity contribution is -0.123. The van der Waals surface area contributed by atoms with Gasteiger partial charge >= 0.3 is 0 Å². The van der Waals surface area contributed by atoms with Crippen LogP contribution in [0.25, 0.3) is 0 Å². The van der Waals surface area contributed by atoms with Crippen molar-refractivity contribution in [1.29, 1.82) is 0 Å². The Morgan fingerprint density at radius 1 is 1.11 bits per heavy atom. The quantitative estimate of drug-likeness (QED) is 0.591. The van der Waals surface area contributed by atoms with E-state index >= 15 is 0 Å². The minimum Gasteiger partial charge on any atom is -0.306 e. The Balaban J connectivity index is 1.77. The fourth-order valence-corrected chi connectivity index (χ4v) is 3.16. The number of nitrogens with one attached hydrogen (secondary N) is 1. The van der Waals surface area contributed by atoms with E-state index in [4.69, 9.17) is 46.4 Å². The van der Waals surface area contributed by atoms with Gasteiger partial charge in [0.25, 0.3) is 5.91 Å². The van der Waals surface area contributed by atoms with Crippen molar-refractivity contribution in [3.8, 4) is 0 Å². The molecule has 0 saturated carbocycles. The maximum absolute atomic E-state index is 12.7. The number of benzene rings is 1. The predicted octanol–water partition coefficient (Wildman–Crippen LogP) is 5.12. The molecule has 1 aromatic carbocycles. The number of aromatic nitrogens is 4. The lowest BCUT2D eigenvalue weighted by Gasteiger charge is -2.23. The van der Waals surface area contributed by atoms with Gasteiger partial charge in [-0.05, 0) is 31.5 Å². The number of rotatable bonds is 5. The van der Waals surface area contributed by atoms with Crippen LogP contribution in [-0.4, -0.2) is 25.5 Å². The summed E-state index contributed by atoms with van der Waals surface area (Å²) in [5.41, 5.74) is -0.163. The third-order valence-electron chi connectivity index (χ3n) is 3.98. The molecule has 0 radical (unpaired) electrons. The molecular formula is C17H15Cl4N5O. The lowest BCUT2D eigenvalue weighted by Crippen LogP contribution is -2.40. The van der Waals surface area contributed by atoms with Crippen LogP contribution in [-0.2, 0) is 16.9 Å². The average Bonchev–Trinajstić information content (AvgIpc) is 3.17. The Hall–Kier alpha value is -1.73. The molecule has 6 nitrogen and oxygen atoms in total. The Kier molecular flexibility index (Phi) is 5.72. The topological polar surface area (TPSA) is 64.7 Å². The van der Waals surface area contributed by atoms with Crippen LogP contribution in [0.1, 0.15) is 19.4 Å². The van der Waals surface area contributed by atoms with E-state index in [0.717, 1.165) is 5.56 Å². The lowest BCUT2D eigenvalue weighted by atomic mass is 10.1. The number of carbonyl (C=O) groups is 1. The zero-order valence-electron chi connectivity index (χ0n) is 14.4. The molecule has 0 aliphatic carbocycles. The Bertz CT molecular complexity index is 995. The molecule has 3 rings (SSSR count). The summed E-state index contributed by atoms with van der Waals surface area (Å²) in [5, 5.41) is 13.0. The summed E-state index contributed by atoms with van der Waals surface area (Å²) >= 11 is 24.2. The molecule has 1 N–H and O–H groups in total. The van der Waals surface area contributed by atoms with Crippen LogP contribution >= 0.6 is 46.4 Å². The molecule has 0 spiro atoms. The van der Waals surface area contributed by atoms with Gasteiger partial charge in [-0.1, -0.05) is 52.5 Å². The number of hydrogen-bond donors (Lipinski definition) is 1. The zero-order chi connectivity index (χ0) is 19.8. The van der Waals surface area contributed by atoms with E-state index < -0.39 is 5.54 Å². The van der Waals surface area contributed by atoms with E-state index in [1.807, 2.05) is 6.07 Å². The first-order chi connectivity index (χ1) is 12.7. The number of anilines is 1. The van der Waals surface area contributed by atoms with E-state index in [9.17, 15) is 4.79 Å². The van der Waals surface area contributed by atoms with Crippen molar-refractivity contribution in [2.24, 2.45) is 0 Å². The third kappa shape index (κ3) is 4.41. The van der Waals surface area contributed by atoms with Gasteiger partial charge in [0.2, 0.25) is 0 Å². The first-order valence-electron chi connectivity index (χ1n) is 7.86. The largest absolute Gasteiger partial charge is 0.306 e. The SMILES string of the molecule is CC(C)(C(=O)Nc1nn(Cc2ccc(Cl)cc2Cl)cc1Cl)n1cc(Cl)cn1. The van der Waals surface area contributed by atoms with Crippen LogP contribution in [0.4, 0.5) is 5.82 Å². The van der Waals surface area contributed by atoms with E-state index in [2.05, 4.69) is 15.5 Å². The van der Waals surface area contributed by atoms with Gasteiger partial charge in [-0.15, -0.1) is 0 Å². The van der Waals surface area contributed by atoms with E-state index in [0.29, 0.717) is 26.6 Å². The second-order valence-corrected chi connectivity index (χ2v) is 8.06. The summed E-state index contributed by atoms with van der Waals surface area (Å²) in [7, 11) is 0. The summed E-state index contributed by atoms with van der Waals surface area (Å²) in [5.74, 6) is -0.0861. The van der Waals surface area contributed by atoms with Gasteiger partial charge in [-0.25, -0.2) is 0 Å². The van der Waals surface area contributed by atoms with Crippen molar-refractivity contribution in [1.82, 2.24) is 19.6 Å². The molecule has 3 aromatic rings. The van der Waals surface area contributed by atoms with Crippen molar-refractivity contribution in [3.05, 3.63) is 62.4 Å². The van der Waals surface area contributed by atoms with Gasteiger partial charge in [-0.2, -0.15) is 10.2 Å². The van der Waals surface area contributed by atoms with E-state index in [1.54, 1.807) is 43.1 Å². The van der Waals surface area contributed by atoms with Crippen molar-refractivity contribution in [3.63, 3.8) is 0 Å². The highest BCUT2D eigenvalue weighted by molar-refractivity contribution is 6.35. The Labute approximate surface area is 176 Å². The molecule has 142 valence electrons. The summed E-state index contributed by atoms with van der Waals surface area (Å²) in [4.78, 5) is 12.7. The van der Waals surface area contributed by atoms with Gasteiger partial charge in [0.05, 0.1) is 17.8 Å². The highest BCUT2D eigenvalue weighted by Crippen LogP contribution is 2.26. The van der Waals surface area contributed by atoms with Gasteiger partial charge in [0, 0.05) is 22.4 Å². The van der Waals surface area contributed by atoms with Crippen LogP contribution in [0.3, 0.4) is 0 Å². The van der Waals surface area contributed by atoms with Gasteiger partial charge < -0.3 is 5.32 Å². The number of carbonyl (C=O) groups excluding carboxylic acids is 1. The summed E-state index contributed by atoms with van der Waals surface area (Å²) in [6, 6.07) is 5.21.